The Morgan fingerprint density at radius 3 is 2.75 bits per heavy atom. The molecule has 0 aliphatic carbocycles. The van der Waals surface area contributed by atoms with Crippen molar-refractivity contribution in [2.24, 2.45) is 0 Å². The summed E-state index contributed by atoms with van der Waals surface area (Å²) in [6, 6.07) is 3.79. The molecule has 0 fully saturated rings. The van der Waals surface area contributed by atoms with Gasteiger partial charge in [-0.3, -0.25) is 10.3 Å². The maximum atomic E-state index is 11.8. The largest absolute Gasteiger partial charge is 0.444 e. The first-order valence-electron chi connectivity index (χ1n) is 6.23. The Kier molecular flexibility index (Phi) is 4.04. The predicted octanol–water partition coefficient (Wildman–Crippen LogP) is 3.86. The van der Waals surface area contributed by atoms with Crippen molar-refractivity contribution >= 4 is 22.4 Å². The van der Waals surface area contributed by atoms with Crippen molar-refractivity contribution in [3.05, 3.63) is 30.2 Å². The van der Waals surface area contributed by atoms with Gasteiger partial charge in [0, 0.05) is 18.0 Å². The van der Waals surface area contributed by atoms with Crippen LogP contribution in [0.2, 0.25) is 0 Å². The number of thiazole rings is 1. The third-order valence-electron chi connectivity index (χ3n) is 2.32. The number of ether oxygens (including phenoxy) is 1. The summed E-state index contributed by atoms with van der Waals surface area (Å²) in [4.78, 5) is 20.3. The summed E-state index contributed by atoms with van der Waals surface area (Å²) in [6.07, 6.45) is 2.99. The van der Waals surface area contributed by atoms with E-state index in [1.165, 1.54) is 11.3 Å². The lowest BCUT2D eigenvalue weighted by Crippen LogP contribution is -2.27. The highest BCUT2D eigenvalue weighted by molar-refractivity contribution is 7.19. The van der Waals surface area contributed by atoms with E-state index in [-0.39, 0.29) is 0 Å². The van der Waals surface area contributed by atoms with Gasteiger partial charge >= 0.3 is 6.09 Å². The van der Waals surface area contributed by atoms with Gasteiger partial charge in [0.25, 0.3) is 0 Å². The van der Waals surface area contributed by atoms with E-state index in [2.05, 4.69) is 15.3 Å². The Labute approximate surface area is 122 Å². The summed E-state index contributed by atoms with van der Waals surface area (Å²) in [5.74, 6) is 0. The molecule has 0 saturated heterocycles. The Morgan fingerprint density at radius 1 is 1.40 bits per heavy atom. The number of rotatable bonds is 2. The molecule has 0 aromatic carbocycles. The molecule has 6 heteroatoms. The fourth-order valence-corrected chi connectivity index (χ4v) is 2.46. The number of carbonyl (C=O) groups excluding carboxylic acids is 1. The average molecular weight is 291 g/mol. The van der Waals surface area contributed by atoms with E-state index in [1.807, 2.05) is 39.8 Å². The Bertz CT molecular complexity index is 603. The maximum absolute atomic E-state index is 11.8. The smallest absolute Gasteiger partial charge is 0.412 e. The maximum Gasteiger partial charge on any atom is 0.412 e. The minimum atomic E-state index is -0.519. The van der Waals surface area contributed by atoms with Gasteiger partial charge in [-0.25, -0.2) is 9.78 Å². The Balaban J connectivity index is 2.15. The minimum Gasteiger partial charge on any atom is -0.444 e. The van der Waals surface area contributed by atoms with Crippen molar-refractivity contribution in [1.29, 1.82) is 0 Å². The zero-order valence-electron chi connectivity index (χ0n) is 11.9. The first-order chi connectivity index (χ1) is 9.35. The molecular weight excluding hydrogens is 274 g/mol. The summed E-state index contributed by atoms with van der Waals surface area (Å²) in [6.45, 7) is 7.33. The highest BCUT2D eigenvalue weighted by Gasteiger charge is 2.18. The number of carbonyl (C=O) groups is 1. The van der Waals surface area contributed by atoms with Gasteiger partial charge in [0.2, 0.25) is 0 Å². The molecule has 5 nitrogen and oxygen atoms in total. The van der Waals surface area contributed by atoms with Crippen LogP contribution in [0.1, 0.15) is 26.5 Å². The van der Waals surface area contributed by atoms with E-state index in [0.29, 0.717) is 5.00 Å². The van der Waals surface area contributed by atoms with Crippen molar-refractivity contribution in [2.45, 2.75) is 33.3 Å². The fraction of sp³-hybridized carbons (Fsp3) is 0.357. The number of nitrogens with zero attached hydrogens (tertiary/aromatic N) is 2. The summed E-state index contributed by atoms with van der Waals surface area (Å²) in [5, 5.41) is 4.25. The van der Waals surface area contributed by atoms with Crippen LogP contribution in [-0.4, -0.2) is 21.7 Å². The van der Waals surface area contributed by atoms with Gasteiger partial charge in [0.05, 0.1) is 5.69 Å². The molecule has 0 saturated carbocycles. The molecule has 0 radical (unpaired) electrons. The normalized spacial score (nSPS) is 11.2. The van der Waals surface area contributed by atoms with E-state index >= 15 is 0 Å². The summed E-state index contributed by atoms with van der Waals surface area (Å²) >= 11 is 1.40. The Hall–Kier alpha value is -1.95. The predicted molar refractivity (Wildman–Crippen MR) is 79.9 cm³/mol. The van der Waals surface area contributed by atoms with Crippen LogP contribution in [0.3, 0.4) is 0 Å². The van der Waals surface area contributed by atoms with Crippen molar-refractivity contribution in [3.63, 3.8) is 0 Å². The van der Waals surface area contributed by atoms with Gasteiger partial charge in [0.15, 0.2) is 0 Å². The fourth-order valence-electron chi connectivity index (χ4n) is 1.52. The van der Waals surface area contributed by atoms with E-state index in [4.69, 9.17) is 4.74 Å². The summed E-state index contributed by atoms with van der Waals surface area (Å²) < 4.78 is 5.23. The van der Waals surface area contributed by atoms with E-state index in [9.17, 15) is 4.79 Å². The lowest BCUT2D eigenvalue weighted by molar-refractivity contribution is 0.0636. The van der Waals surface area contributed by atoms with Gasteiger partial charge in [-0.2, -0.15) is 0 Å². The monoisotopic (exact) mass is 291 g/mol. The van der Waals surface area contributed by atoms with Crippen LogP contribution in [-0.2, 0) is 4.74 Å². The van der Waals surface area contributed by atoms with Gasteiger partial charge < -0.3 is 4.74 Å². The van der Waals surface area contributed by atoms with Gasteiger partial charge in [-0.05, 0) is 39.8 Å². The second-order valence-corrected chi connectivity index (χ2v) is 6.30. The van der Waals surface area contributed by atoms with Crippen LogP contribution >= 0.6 is 11.3 Å². The molecular formula is C14H17N3O2S. The number of pyridine rings is 1. The lowest BCUT2D eigenvalue weighted by atomic mass is 10.2. The standard InChI is InChI=1S/C14H17N3O2S/c1-9-11(17-13(18)19-14(2,3)4)20-12(16-9)10-6-5-7-15-8-10/h5-8H,1-4H3,(H,17,18). The highest BCUT2D eigenvalue weighted by Crippen LogP contribution is 2.31. The molecule has 0 aliphatic heterocycles. The number of aryl methyl sites for hydroxylation is 1. The number of hydrogen-bond donors (Lipinski definition) is 1. The van der Waals surface area contributed by atoms with Crippen molar-refractivity contribution in [2.75, 3.05) is 5.32 Å². The van der Waals surface area contributed by atoms with Crippen LogP contribution in [0, 0.1) is 6.92 Å². The third kappa shape index (κ3) is 3.77. The number of amides is 1. The number of nitrogens with one attached hydrogen (secondary N) is 1. The molecule has 20 heavy (non-hydrogen) atoms. The van der Waals surface area contributed by atoms with E-state index in [0.717, 1.165) is 16.3 Å². The molecule has 2 heterocycles. The number of anilines is 1. The summed E-state index contributed by atoms with van der Waals surface area (Å²) in [7, 11) is 0. The lowest BCUT2D eigenvalue weighted by Gasteiger charge is -2.19. The molecule has 1 N–H and O–H groups in total. The van der Waals surface area contributed by atoms with Crippen LogP contribution in [0.25, 0.3) is 10.6 Å². The number of aromatic nitrogens is 2. The van der Waals surface area contributed by atoms with Crippen molar-refractivity contribution < 1.29 is 9.53 Å². The van der Waals surface area contributed by atoms with Gasteiger partial charge in [-0.1, -0.05) is 11.3 Å². The Morgan fingerprint density at radius 2 is 2.15 bits per heavy atom. The van der Waals surface area contributed by atoms with Crippen LogP contribution in [0.4, 0.5) is 9.80 Å². The SMILES string of the molecule is Cc1nc(-c2cccnc2)sc1NC(=O)OC(C)(C)C. The molecule has 2 aromatic rings. The van der Waals surface area contributed by atoms with Crippen LogP contribution < -0.4 is 5.32 Å². The third-order valence-corrected chi connectivity index (χ3v) is 3.44. The highest BCUT2D eigenvalue weighted by atomic mass is 32.1. The van der Waals surface area contributed by atoms with Crippen LogP contribution in [0.15, 0.2) is 24.5 Å². The second kappa shape index (κ2) is 5.58. The zero-order valence-corrected chi connectivity index (χ0v) is 12.7. The molecule has 0 atom stereocenters. The zero-order chi connectivity index (χ0) is 14.8. The molecule has 0 bridgehead atoms. The van der Waals surface area contributed by atoms with Crippen molar-refractivity contribution in [1.82, 2.24) is 9.97 Å². The van der Waals surface area contributed by atoms with E-state index in [1.54, 1.807) is 12.4 Å². The van der Waals surface area contributed by atoms with Crippen molar-refractivity contribution in [3.8, 4) is 10.6 Å². The van der Waals surface area contributed by atoms with E-state index < -0.39 is 11.7 Å². The van der Waals surface area contributed by atoms with Crippen LogP contribution in [0.5, 0.6) is 0 Å². The molecule has 2 rings (SSSR count). The number of hydrogen-bond acceptors (Lipinski definition) is 5. The molecule has 1 amide bonds. The topological polar surface area (TPSA) is 64.1 Å². The first kappa shape index (κ1) is 14.5. The molecule has 0 unspecified atom stereocenters. The average Bonchev–Trinajstić information content (AvgIpc) is 2.70. The second-order valence-electron chi connectivity index (χ2n) is 5.30. The molecule has 106 valence electrons. The summed E-state index contributed by atoms with van der Waals surface area (Å²) in [5.41, 5.74) is 1.17. The molecule has 0 aliphatic rings. The molecule has 2 aromatic heterocycles. The quantitative estimate of drug-likeness (QED) is 0.912. The first-order valence-corrected chi connectivity index (χ1v) is 7.04. The van der Waals surface area contributed by atoms with Gasteiger partial charge in [-0.15, -0.1) is 0 Å². The van der Waals surface area contributed by atoms with Gasteiger partial charge in [0.1, 0.15) is 15.6 Å². The molecule has 0 spiro atoms. The minimum absolute atomic E-state index is 0.470.